The summed E-state index contributed by atoms with van der Waals surface area (Å²) in [7, 11) is 0. The van der Waals surface area contributed by atoms with Crippen LogP contribution < -0.4 is 10.1 Å². The zero-order valence-corrected chi connectivity index (χ0v) is 12.9. The first-order valence-corrected chi connectivity index (χ1v) is 6.98. The van der Waals surface area contributed by atoms with Crippen LogP contribution in [0.15, 0.2) is 36.5 Å². The summed E-state index contributed by atoms with van der Waals surface area (Å²) in [4.78, 5) is 4.27. The molecule has 0 unspecified atom stereocenters. The lowest BCUT2D eigenvalue weighted by molar-refractivity contribution is 0.409. The Labute approximate surface area is 125 Å². The van der Waals surface area contributed by atoms with E-state index in [0.717, 1.165) is 5.56 Å². The minimum Gasteiger partial charge on any atom is -0.439 e. The number of hydrogen-bond donors (Lipinski definition) is 1. The van der Waals surface area contributed by atoms with Crippen LogP contribution in [0.5, 0.6) is 11.6 Å². The molecule has 4 heteroatoms. The third-order valence-corrected chi connectivity index (χ3v) is 3.00. The van der Waals surface area contributed by atoms with Crippen LogP contribution in [0.3, 0.4) is 0 Å². The summed E-state index contributed by atoms with van der Waals surface area (Å²) in [6.45, 7) is 8.68. The van der Waals surface area contributed by atoms with Gasteiger partial charge in [-0.3, -0.25) is 0 Å². The number of hydrogen-bond acceptors (Lipinski definition) is 3. The van der Waals surface area contributed by atoms with Crippen molar-refractivity contribution in [1.82, 2.24) is 10.3 Å². The first kappa shape index (κ1) is 15.4. The van der Waals surface area contributed by atoms with Crippen LogP contribution in [0.1, 0.15) is 31.9 Å². The van der Waals surface area contributed by atoms with Gasteiger partial charge in [0.2, 0.25) is 5.88 Å². The maximum absolute atomic E-state index is 13.3. The van der Waals surface area contributed by atoms with Gasteiger partial charge in [-0.15, -0.1) is 0 Å². The molecule has 0 saturated carbocycles. The summed E-state index contributed by atoms with van der Waals surface area (Å²) >= 11 is 0. The van der Waals surface area contributed by atoms with Crippen LogP contribution in [-0.2, 0) is 6.54 Å². The van der Waals surface area contributed by atoms with Crippen molar-refractivity contribution in [1.29, 1.82) is 0 Å². The molecule has 0 saturated heterocycles. The smallest absolute Gasteiger partial charge is 0.223 e. The number of aryl methyl sites for hydroxylation is 1. The molecule has 0 amide bonds. The van der Waals surface area contributed by atoms with Crippen molar-refractivity contribution in [3.05, 3.63) is 53.5 Å². The molecular weight excluding hydrogens is 267 g/mol. The second-order valence-corrected chi connectivity index (χ2v) is 6.08. The largest absolute Gasteiger partial charge is 0.439 e. The predicted molar refractivity (Wildman–Crippen MR) is 82.0 cm³/mol. The number of halogens is 1. The predicted octanol–water partition coefficient (Wildman–Crippen LogP) is 4.21. The SMILES string of the molecule is Cc1cc(Oc2ncccc2CNC(C)(C)C)ccc1F. The summed E-state index contributed by atoms with van der Waals surface area (Å²) in [6.07, 6.45) is 1.69. The third-order valence-electron chi connectivity index (χ3n) is 3.00. The maximum Gasteiger partial charge on any atom is 0.223 e. The van der Waals surface area contributed by atoms with E-state index in [9.17, 15) is 4.39 Å². The average Bonchev–Trinajstić information content (AvgIpc) is 2.41. The molecular formula is C17H21FN2O. The number of nitrogens with zero attached hydrogens (tertiary/aromatic N) is 1. The molecule has 1 aromatic heterocycles. The van der Waals surface area contributed by atoms with Crippen molar-refractivity contribution < 1.29 is 9.13 Å². The molecule has 0 radical (unpaired) electrons. The highest BCUT2D eigenvalue weighted by molar-refractivity contribution is 5.34. The molecule has 0 bridgehead atoms. The van der Waals surface area contributed by atoms with E-state index in [2.05, 4.69) is 31.1 Å². The van der Waals surface area contributed by atoms with Gasteiger partial charge in [0.15, 0.2) is 0 Å². The van der Waals surface area contributed by atoms with Gasteiger partial charge in [0.1, 0.15) is 11.6 Å². The zero-order valence-electron chi connectivity index (χ0n) is 12.9. The van der Waals surface area contributed by atoms with Gasteiger partial charge in [0.25, 0.3) is 0 Å². The van der Waals surface area contributed by atoms with Gasteiger partial charge < -0.3 is 10.1 Å². The van der Waals surface area contributed by atoms with E-state index in [1.54, 1.807) is 25.3 Å². The molecule has 0 spiro atoms. The van der Waals surface area contributed by atoms with Crippen molar-refractivity contribution in [2.45, 2.75) is 39.8 Å². The van der Waals surface area contributed by atoms with Crippen LogP contribution in [0.4, 0.5) is 4.39 Å². The van der Waals surface area contributed by atoms with Crippen LogP contribution in [0, 0.1) is 12.7 Å². The second kappa shape index (κ2) is 6.22. The summed E-state index contributed by atoms with van der Waals surface area (Å²) in [5.41, 5.74) is 1.53. The fourth-order valence-corrected chi connectivity index (χ4v) is 1.80. The number of rotatable bonds is 4. The number of ether oxygens (including phenoxy) is 1. The minimum atomic E-state index is -0.238. The molecule has 2 aromatic rings. The Morgan fingerprint density at radius 1 is 1.24 bits per heavy atom. The minimum absolute atomic E-state index is 0.0135. The maximum atomic E-state index is 13.3. The van der Waals surface area contributed by atoms with Crippen molar-refractivity contribution >= 4 is 0 Å². The van der Waals surface area contributed by atoms with Crippen LogP contribution >= 0.6 is 0 Å². The topological polar surface area (TPSA) is 34.1 Å². The van der Waals surface area contributed by atoms with E-state index in [1.807, 2.05) is 12.1 Å². The quantitative estimate of drug-likeness (QED) is 0.915. The fraction of sp³-hybridized carbons (Fsp3) is 0.353. The van der Waals surface area contributed by atoms with Crippen LogP contribution in [0.2, 0.25) is 0 Å². The molecule has 112 valence electrons. The highest BCUT2D eigenvalue weighted by Gasteiger charge is 2.12. The summed E-state index contributed by atoms with van der Waals surface area (Å²) < 4.78 is 19.1. The molecule has 3 nitrogen and oxygen atoms in total. The normalized spacial score (nSPS) is 11.5. The first-order valence-electron chi connectivity index (χ1n) is 6.98. The molecule has 1 heterocycles. The molecule has 2 rings (SSSR count). The molecule has 0 fully saturated rings. The molecule has 1 aromatic carbocycles. The Hall–Kier alpha value is -1.94. The van der Waals surface area contributed by atoms with Gasteiger partial charge in [-0.25, -0.2) is 9.37 Å². The Bertz CT molecular complexity index is 620. The summed E-state index contributed by atoms with van der Waals surface area (Å²) in [5.74, 6) is 0.892. The molecule has 0 aliphatic rings. The highest BCUT2D eigenvalue weighted by atomic mass is 19.1. The summed E-state index contributed by atoms with van der Waals surface area (Å²) in [5, 5.41) is 3.40. The zero-order chi connectivity index (χ0) is 15.5. The van der Waals surface area contributed by atoms with Gasteiger partial charge in [-0.2, -0.15) is 0 Å². The third kappa shape index (κ3) is 4.53. The monoisotopic (exact) mass is 288 g/mol. The lowest BCUT2D eigenvalue weighted by Gasteiger charge is -2.21. The molecule has 0 aliphatic heterocycles. The highest BCUT2D eigenvalue weighted by Crippen LogP contribution is 2.24. The lowest BCUT2D eigenvalue weighted by Crippen LogP contribution is -2.35. The number of benzene rings is 1. The average molecular weight is 288 g/mol. The van der Waals surface area contributed by atoms with Crippen LogP contribution in [-0.4, -0.2) is 10.5 Å². The first-order chi connectivity index (χ1) is 9.85. The van der Waals surface area contributed by atoms with E-state index < -0.39 is 0 Å². The van der Waals surface area contributed by atoms with Gasteiger partial charge in [0, 0.05) is 23.8 Å². The molecule has 0 aliphatic carbocycles. The Morgan fingerprint density at radius 3 is 2.67 bits per heavy atom. The summed E-state index contributed by atoms with van der Waals surface area (Å²) in [6, 6.07) is 8.53. The molecule has 1 N–H and O–H groups in total. The number of nitrogens with one attached hydrogen (secondary N) is 1. The van der Waals surface area contributed by atoms with E-state index in [1.165, 1.54) is 6.07 Å². The molecule has 21 heavy (non-hydrogen) atoms. The fourth-order valence-electron chi connectivity index (χ4n) is 1.80. The van der Waals surface area contributed by atoms with E-state index >= 15 is 0 Å². The number of pyridine rings is 1. The Kier molecular flexibility index (Phi) is 4.58. The van der Waals surface area contributed by atoms with Crippen molar-refractivity contribution in [2.75, 3.05) is 0 Å². The second-order valence-electron chi connectivity index (χ2n) is 6.08. The Morgan fingerprint density at radius 2 is 2.00 bits per heavy atom. The van der Waals surface area contributed by atoms with Gasteiger partial charge in [0.05, 0.1) is 0 Å². The standard InChI is InChI=1S/C17H21FN2O/c1-12-10-14(7-8-15(12)18)21-16-13(6-5-9-19-16)11-20-17(2,3)4/h5-10,20H,11H2,1-4H3. The van der Waals surface area contributed by atoms with Gasteiger partial charge in [-0.05, 0) is 57.5 Å². The van der Waals surface area contributed by atoms with Crippen molar-refractivity contribution in [3.8, 4) is 11.6 Å². The number of aromatic nitrogens is 1. The van der Waals surface area contributed by atoms with Crippen molar-refractivity contribution in [3.63, 3.8) is 0 Å². The molecule has 0 atom stereocenters. The van der Waals surface area contributed by atoms with Gasteiger partial charge in [-0.1, -0.05) is 6.07 Å². The van der Waals surface area contributed by atoms with E-state index in [4.69, 9.17) is 4.74 Å². The van der Waals surface area contributed by atoms with E-state index in [0.29, 0.717) is 23.7 Å². The Balaban J connectivity index is 2.17. The lowest BCUT2D eigenvalue weighted by atomic mass is 10.1. The van der Waals surface area contributed by atoms with Gasteiger partial charge >= 0.3 is 0 Å². The van der Waals surface area contributed by atoms with Crippen LogP contribution in [0.25, 0.3) is 0 Å². The van der Waals surface area contributed by atoms with Crippen molar-refractivity contribution in [2.24, 2.45) is 0 Å². The van der Waals surface area contributed by atoms with E-state index in [-0.39, 0.29) is 11.4 Å².